The van der Waals surface area contributed by atoms with Crippen LogP contribution in [-0.2, 0) is 11.2 Å². The third-order valence-electron chi connectivity index (χ3n) is 3.27. The molecule has 2 atom stereocenters. The van der Waals surface area contributed by atoms with Gasteiger partial charge in [0.2, 0.25) is 0 Å². The fraction of sp³-hybridized carbons (Fsp3) is 0.692. The third kappa shape index (κ3) is 3.84. The molecule has 4 heteroatoms. The van der Waals surface area contributed by atoms with E-state index >= 15 is 0 Å². The van der Waals surface area contributed by atoms with Crippen molar-refractivity contribution in [3.63, 3.8) is 0 Å². The van der Waals surface area contributed by atoms with Crippen LogP contribution in [-0.4, -0.2) is 36.5 Å². The molecule has 1 saturated heterocycles. The number of ether oxygens (including phenoxy) is 1. The molecule has 2 heterocycles. The molecule has 1 aliphatic heterocycles. The zero-order valence-electron chi connectivity index (χ0n) is 10.3. The van der Waals surface area contributed by atoms with Crippen LogP contribution in [0, 0.1) is 0 Å². The highest BCUT2D eigenvalue weighted by molar-refractivity contribution is 4.98. The summed E-state index contributed by atoms with van der Waals surface area (Å²) in [6.07, 6.45) is 4.36. The van der Waals surface area contributed by atoms with Gasteiger partial charge in [-0.15, -0.1) is 0 Å². The molecule has 1 aromatic rings. The zero-order valence-corrected chi connectivity index (χ0v) is 10.3. The van der Waals surface area contributed by atoms with Gasteiger partial charge in [0.25, 0.3) is 0 Å². The van der Waals surface area contributed by atoms with Crippen molar-refractivity contribution in [2.75, 3.05) is 19.8 Å². The maximum absolute atomic E-state index is 10.1. The van der Waals surface area contributed by atoms with E-state index in [0.717, 1.165) is 25.0 Å². The standard InChI is InChI=1S/C13H21NO3/c1-11(4-5-12-3-2-7-17-12)14-9-13(15)6-8-16-10-13/h2-3,7,11,14-15H,4-6,8-10H2,1H3. The van der Waals surface area contributed by atoms with Crippen LogP contribution in [0.25, 0.3) is 0 Å². The number of furan rings is 1. The van der Waals surface area contributed by atoms with Gasteiger partial charge in [0.15, 0.2) is 0 Å². The molecule has 96 valence electrons. The van der Waals surface area contributed by atoms with Crippen molar-refractivity contribution < 1.29 is 14.3 Å². The maximum atomic E-state index is 10.1. The van der Waals surface area contributed by atoms with E-state index in [1.54, 1.807) is 6.26 Å². The first-order chi connectivity index (χ1) is 8.18. The van der Waals surface area contributed by atoms with E-state index in [0.29, 0.717) is 25.8 Å². The van der Waals surface area contributed by atoms with E-state index in [9.17, 15) is 5.11 Å². The average molecular weight is 239 g/mol. The molecule has 2 rings (SSSR count). The van der Waals surface area contributed by atoms with Crippen molar-refractivity contribution in [3.8, 4) is 0 Å². The molecule has 0 bridgehead atoms. The minimum absolute atomic E-state index is 0.365. The van der Waals surface area contributed by atoms with Crippen molar-refractivity contribution in [3.05, 3.63) is 24.2 Å². The largest absolute Gasteiger partial charge is 0.469 e. The van der Waals surface area contributed by atoms with Crippen molar-refractivity contribution in [2.24, 2.45) is 0 Å². The van der Waals surface area contributed by atoms with Gasteiger partial charge in [0, 0.05) is 32.0 Å². The second-order valence-electron chi connectivity index (χ2n) is 4.93. The van der Waals surface area contributed by atoms with Crippen LogP contribution in [0.15, 0.2) is 22.8 Å². The summed E-state index contributed by atoms with van der Waals surface area (Å²) in [6, 6.07) is 4.27. The lowest BCUT2D eigenvalue weighted by Crippen LogP contribution is -2.44. The van der Waals surface area contributed by atoms with Crippen LogP contribution in [0.3, 0.4) is 0 Å². The molecule has 2 N–H and O–H groups in total. The lowest BCUT2D eigenvalue weighted by atomic mass is 10.0. The van der Waals surface area contributed by atoms with Crippen LogP contribution in [0.2, 0.25) is 0 Å². The fourth-order valence-electron chi connectivity index (χ4n) is 2.02. The fourth-order valence-corrected chi connectivity index (χ4v) is 2.02. The highest BCUT2D eigenvalue weighted by atomic mass is 16.5. The van der Waals surface area contributed by atoms with Gasteiger partial charge < -0.3 is 19.6 Å². The van der Waals surface area contributed by atoms with Crippen molar-refractivity contribution in [1.29, 1.82) is 0 Å². The Labute approximate surface area is 102 Å². The molecule has 0 aromatic carbocycles. The van der Waals surface area contributed by atoms with Gasteiger partial charge in [-0.2, -0.15) is 0 Å². The van der Waals surface area contributed by atoms with Gasteiger partial charge in [0.1, 0.15) is 11.4 Å². The van der Waals surface area contributed by atoms with Crippen LogP contribution >= 0.6 is 0 Å². The van der Waals surface area contributed by atoms with Crippen LogP contribution in [0.1, 0.15) is 25.5 Å². The predicted molar refractivity (Wildman–Crippen MR) is 64.9 cm³/mol. The Morgan fingerprint density at radius 1 is 1.59 bits per heavy atom. The molecule has 0 radical (unpaired) electrons. The molecule has 1 aliphatic rings. The van der Waals surface area contributed by atoms with Crippen molar-refractivity contribution in [2.45, 2.75) is 37.8 Å². The van der Waals surface area contributed by atoms with Crippen LogP contribution < -0.4 is 5.32 Å². The van der Waals surface area contributed by atoms with Crippen molar-refractivity contribution >= 4 is 0 Å². The second-order valence-corrected chi connectivity index (χ2v) is 4.93. The van der Waals surface area contributed by atoms with Crippen LogP contribution in [0.4, 0.5) is 0 Å². The number of hydrogen-bond donors (Lipinski definition) is 2. The minimum atomic E-state index is -0.668. The second kappa shape index (κ2) is 5.67. The van der Waals surface area contributed by atoms with Crippen LogP contribution in [0.5, 0.6) is 0 Å². The summed E-state index contributed by atoms with van der Waals surface area (Å²) in [5, 5.41) is 13.4. The quantitative estimate of drug-likeness (QED) is 0.786. The van der Waals surface area contributed by atoms with E-state index in [1.807, 2.05) is 12.1 Å². The number of aliphatic hydroxyl groups is 1. The Hall–Kier alpha value is -0.840. The summed E-state index contributed by atoms with van der Waals surface area (Å²) in [5.41, 5.74) is -0.668. The van der Waals surface area contributed by atoms with Gasteiger partial charge in [-0.25, -0.2) is 0 Å². The van der Waals surface area contributed by atoms with E-state index in [1.165, 1.54) is 0 Å². The number of aryl methyl sites for hydroxylation is 1. The topological polar surface area (TPSA) is 54.6 Å². The third-order valence-corrected chi connectivity index (χ3v) is 3.27. The average Bonchev–Trinajstić information content (AvgIpc) is 2.95. The molecule has 0 spiro atoms. The SMILES string of the molecule is CC(CCc1ccco1)NCC1(O)CCOC1. The Morgan fingerprint density at radius 2 is 2.47 bits per heavy atom. The first-order valence-electron chi connectivity index (χ1n) is 6.24. The smallest absolute Gasteiger partial charge is 0.103 e. The molecule has 17 heavy (non-hydrogen) atoms. The lowest BCUT2D eigenvalue weighted by Gasteiger charge is -2.23. The van der Waals surface area contributed by atoms with Gasteiger partial charge in [-0.1, -0.05) is 0 Å². The molecule has 0 amide bonds. The number of rotatable bonds is 6. The highest BCUT2D eigenvalue weighted by Gasteiger charge is 2.32. The van der Waals surface area contributed by atoms with Gasteiger partial charge >= 0.3 is 0 Å². The van der Waals surface area contributed by atoms with Gasteiger partial charge in [0.05, 0.1) is 12.9 Å². The van der Waals surface area contributed by atoms with Gasteiger partial charge in [-0.3, -0.25) is 0 Å². The first-order valence-corrected chi connectivity index (χ1v) is 6.24. The van der Waals surface area contributed by atoms with E-state index < -0.39 is 5.60 Å². The molecule has 1 aromatic heterocycles. The Morgan fingerprint density at radius 3 is 3.12 bits per heavy atom. The summed E-state index contributed by atoms with van der Waals surface area (Å²) in [5.74, 6) is 1.02. The summed E-state index contributed by atoms with van der Waals surface area (Å²) in [6.45, 7) is 3.85. The Balaban J connectivity index is 1.65. The summed E-state index contributed by atoms with van der Waals surface area (Å²) in [4.78, 5) is 0. The number of hydrogen-bond acceptors (Lipinski definition) is 4. The van der Waals surface area contributed by atoms with E-state index in [2.05, 4.69) is 12.2 Å². The molecule has 0 saturated carbocycles. The maximum Gasteiger partial charge on any atom is 0.103 e. The Kier molecular flexibility index (Phi) is 4.20. The Bertz CT molecular complexity index is 317. The monoisotopic (exact) mass is 239 g/mol. The summed E-state index contributed by atoms with van der Waals surface area (Å²) >= 11 is 0. The first kappa shape index (κ1) is 12.6. The molecule has 2 unspecified atom stereocenters. The lowest BCUT2D eigenvalue weighted by molar-refractivity contribution is 0.0250. The molecule has 4 nitrogen and oxygen atoms in total. The predicted octanol–water partition coefficient (Wildman–Crippen LogP) is 1.34. The molecule has 1 fully saturated rings. The summed E-state index contributed by atoms with van der Waals surface area (Å²) in [7, 11) is 0. The van der Waals surface area contributed by atoms with Crippen molar-refractivity contribution in [1.82, 2.24) is 5.32 Å². The van der Waals surface area contributed by atoms with Gasteiger partial charge in [-0.05, 0) is 25.5 Å². The number of nitrogens with one attached hydrogen (secondary N) is 1. The summed E-state index contributed by atoms with van der Waals surface area (Å²) < 4.78 is 10.5. The molecular weight excluding hydrogens is 218 g/mol. The molecule has 0 aliphatic carbocycles. The van der Waals surface area contributed by atoms with E-state index in [4.69, 9.17) is 9.15 Å². The minimum Gasteiger partial charge on any atom is -0.469 e. The highest BCUT2D eigenvalue weighted by Crippen LogP contribution is 2.17. The normalized spacial score (nSPS) is 26.2. The zero-order chi connectivity index (χ0) is 12.1. The van der Waals surface area contributed by atoms with E-state index in [-0.39, 0.29) is 0 Å². The molecular formula is C13H21NO3.